The molecule has 0 radical (unpaired) electrons. The summed E-state index contributed by atoms with van der Waals surface area (Å²) in [7, 11) is 0. The van der Waals surface area contributed by atoms with Gasteiger partial charge in [-0.15, -0.1) is 0 Å². The van der Waals surface area contributed by atoms with Gasteiger partial charge in [0.2, 0.25) is 0 Å². The smallest absolute Gasteiger partial charge is 0.0293 e. The van der Waals surface area contributed by atoms with Gasteiger partial charge in [-0.3, -0.25) is 4.99 Å². The second-order valence-corrected chi connectivity index (χ2v) is 0.893. The van der Waals surface area contributed by atoms with Crippen molar-refractivity contribution in [3.05, 3.63) is 12.3 Å². The van der Waals surface area contributed by atoms with Crippen LogP contribution in [0.25, 0.3) is 0 Å². The van der Waals surface area contributed by atoms with Crippen LogP contribution in [0.4, 0.5) is 0 Å². The van der Waals surface area contributed by atoms with Crippen LogP contribution in [0, 0.1) is 0 Å². The summed E-state index contributed by atoms with van der Waals surface area (Å²) in [5.74, 6) is 0. The van der Waals surface area contributed by atoms with E-state index >= 15 is 0 Å². The van der Waals surface area contributed by atoms with E-state index in [1.807, 2.05) is 13.8 Å². The van der Waals surface area contributed by atoms with Crippen LogP contribution in [0.5, 0.6) is 0 Å². The molecule has 7 heavy (non-hydrogen) atoms. The van der Waals surface area contributed by atoms with Gasteiger partial charge in [-0.1, -0.05) is 20.4 Å². The monoisotopic (exact) mass is 99.1 g/mol. The van der Waals surface area contributed by atoms with Gasteiger partial charge in [-0.2, -0.15) is 0 Å². The van der Waals surface area contributed by atoms with Crippen molar-refractivity contribution in [2.45, 2.75) is 20.8 Å². The third-order valence-corrected chi connectivity index (χ3v) is 0.270. The lowest BCUT2D eigenvalue weighted by atomic mass is 10.6. The minimum Gasteiger partial charge on any atom is -0.270 e. The standard InChI is InChI=1S/C4H7N.C2H6/c1-4(2)5-3;1-2/h1,3H2,2H3;1-2H3. The molecule has 0 bridgehead atoms. The van der Waals surface area contributed by atoms with Gasteiger partial charge in [0.25, 0.3) is 0 Å². The van der Waals surface area contributed by atoms with Crippen LogP contribution in [0.2, 0.25) is 0 Å². The largest absolute Gasteiger partial charge is 0.270 e. The molecular weight excluding hydrogens is 86.1 g/mol. The van der Waals surface area contributed by atoms with Gasteiger partial charge in [-0.25, -0.2) is 0 Å². The number of allylic oxidation sites excluding steroid dienone is 1. The first-order valence-electron chi connectivity index (χ1n) is 2.39. The lowest BCUT2D eigenvalue weighted by Crippen LogP contribution is -1.52. The maximum absolute atomic E-state index is 3.44. The number of rotatable bonds is 1. The predicted molar refractivity (Wildman–Crippen MR) is 35.7 cm³/mol. The lowest BCUT2D eigenvalue weighted by molar-refractivity contribution is 1.35. The van der Waals surface area contributed by atoms with Gasteiger partial charge in [0.05, 0.1) is 0 Å². The number of aliphatic imine (C=N–C) groups is 1. The average molecular weight is 99.2 g/mol. The molecule has 1 nitrogen and oxygen atoms in total. The highest BCUT2D eigenvalue weighted by Crippen LogP contribution is 1.80. The van der Waals surface area contributed by atoms with Crippen LogP contribution >= 0.6 is 0 Å². The summed E-state index contributed by atoms with van der Waals surface area (Å²) in [5.41, 5.74) is 0.769. The molecule has 0 aromatic rings. The normalized spacial score (nSPS) is 5.57. The van der Waals surface area contributed by atoms with Crippen molar-refractivity contribution in [1.82, 2.24) is 0 Å². The molecule has 0 saturated heterocycles. The highest BCUT2D eigenvalue weighted by Gasteiger charge is 1.59. The zero-order chi connectivity index (χ0) is 6.28. The molecule has 0 fully saturated rings. The van der Waals surface area contributed by atoms with Crippen molar-refractivity contribution in [2.24, 2.45) is 4.99 Å². The van der Waals surface area contributed by atoms with Crippen molar-refractivity contribution in [2.75, 3.05) is 0 Å². The SMILES string of the molecule is C=NC(=C)C.CC. The number of hydrogen-bond acceptors (Lipinski definition) is 1. The van der Waals surface area contributed by atoms with Crippen molar-refractivity contribution in [3.8, 4) is 0 Å². The van der Waals surface area contributed by atoms with Crippen molar-refractivity contribution in [3.63, 3.8) is 0 Å². The molecule has 0 heterocycles. The third-order valence-electron chi connectivity index (χ3n) is 0.270. The molecule has 0 aliphatic rings. The molecule has 0 spiro atoms. The fourth-order valence-electron chi connectivity index (χ4n) is 0. The van der Waals surface area contributed by atoms with E-state index in [0.29, 0.717) is 0 Å². The summed E-state index contributed by atoms with van der Waals surface area (Å²) in [5, 5.41) is 0. The number of hydrogen-bond donors (Lipinski definition) is 0. The van der Waals surface area contributed by atoms with Crippen LogP contribution in [0.3, 0.4) is 0 Å². The van der Waals surface area contributed by atoms with Crippen LogP contribution in [-0.2, 0) is 0 Å². The van der Waals surface area contributed by atoms with Crippen LogP contribution in [0.15, 0.2) is 17.3 Å². The average Bonchev–Trinajstić information content (AvgIpc) is 1.73. The fraction of sp³-hybridized carbons (Fsp3) is 0.500. The molecule has 0 aliphatic carbocycles. The molecule has 0 aliphatic heterocycles. The molecule has 0 aromatic carbocycles. The summed E-state index contributed by atoms with van der Waals surface area (Å²) >= 11 is 0. The van der Waals surface area contributed by atoms with Crippen molar-refractivity contribution >= 4 is 6.72 Å². The Morgan fingerprint density at radius 2 is 1.57 bits per heavy atom. The van der Waals surface area contributed by atoms with Gasteiger partial charge in [0.1, 0.15) is 0 Å². The summed E-state index contributed by atoms with van der Waals surface area (Å²) in [6.45, 7) is 12.5. The molecule has 0 unspecified atom stereocenters. The summed E-state index contributed by atoms with van der Waals surface area (Å²) in [6.07, 6.45) is 0. The molecule has 0 aromatic heterocycles. The van der Waals surface area contributed by atoms with Crippen molar-refractivity contribution in [1.29, 1.82) is 0 Å². The maximum atomic E-state index is 3.44. The highest BCUT2D eigenvalue weighted by molar-refractivity contribution is 5.27. The van der Waals surface area contributed by atoms with E-state index in [1.54, 1.807) is 6.92 Å². The lowest BCUT2D eigenvalue weighted by Gasteiger charge is -1.72. The van der Waals surface area contributed by atoms with Gasteiger partial charge >= 0.3 is 0 Å². The fourth-order valence-corrected chi connectivity index (χ4v) is 0. The first kappa shape index (κ1) is 9.65. The first-order valence-corrected chi connectivity index (χ1v) is 2.39. The summed E-state index contributed by atoms with van der Waals surface area (Å²) in [6, 6.07) is 0. The van der Waals surface area contributed by atoms with Gasteiger partial charge < -0.3 is 0 Å². The minimum absolute atomic E-state index is 0.769. The Kier molecular flexibility index (Phi) is 12.5. The highest BCUT2D eigenvalue weighted by atomic mass is 14.7. The van der Waals surface area contributed by atoms with Crippen LogP contribution in [-0.4, -0.2) is 6.72 Å². The second kappa shape index (κ2) is 9.05. The van der Waals surface area contributed by atoms with E-state index in [1.165, 1.54) is 0 Å². The first-order chi connectivity index (χ1) is 3.27. The predicted octanol–water partition coefficient (Wildman–Crippen LogP) is 2.25. The van der Waals surface area contributed by atoms with Gasteiger partial charge in [0, 0.05) is 5.70 Å². The second-order valence-electron chi connectivity index (χ2n) is 0.893. The van der Waals surface area contributed by atoms with E-state index in [0.717, 1.165) is 5.70 Å². The van der Waals surface area contributed by atoms with Crippen molar-refractivity contribution < 1.29 is 0 Å². The molecule has 0 amide bonds. The Hall–Kier alpha value is -0.590. The molecular formula is C6H13N. The Bertz CT molecular complexity index is 55.2. The zero-order valence-electron chi connectivity index (χ0n) is 5.36. The molecule has 0 saturated carbocycles. The molecule has 0 rings (SSSR count). The topological polar surface area (TPSA) is 12.4 Å². The Labute approximate surface area is 45.8 Å². The third kappa shape index (κ3) is 31.6. The summed E-state index contributed by atoms with van der Waals surface area (Å²) < 4.78 is 0. The van der Waals surface area contributed by atoms with Crippen LogP contribution < -0.4 is 0 Å². The van der Waals surface area contributed by atoms with E-state index < -0.39 is 0 Å². The zero-order valence-corrected chi connectivity index (χ0v) is 5.36. The Balaban J connectivity index is 0. The van der Waals surface area contributed by atoms with Crippen LogP contribution in [0.1, 0.15) is 20.8 Å². The van der Waals surface area contributed by atoms with Gasteiger partial charge in [0.15, 0.2) is 0 Å². The van der Waals surface area contributed by atoms with E-state index in [9.17, 15) is 0 Å². The summed E-state index contributed by atoms with van der Waals surface area (Å²) in [4.78, 5) is 3.44. The van der Waals surface area contributed by atoms with E-state index in [2.05, 4.69) is 18.3 Å². The molecule has 42 valence electrons. The minimum atomic E-state index is 0.769. The maximum Gasteiger partial charge on any atom is 0.0293 e. The Morgan fingerprint density at radius 3 is 1.57 bits per heavy atom. The number of nitrogens with zero attached hydrogens (tertiary/aromatic N) is 1. The molecule has 0 N–H and O–H groups in total. The Morgan fingerprint density at radius 1 is 1.43 bits per heavy atom. The quantitative estimate of drug-likeness (QED) is 0.447. The van der Waals surface area contributed by atoms with E-state index in [4.69, 9.17) is 0 Å². The van der Waals surface area contributed by atoms with Gasteiger partial charge in [-0.05, 0) is 13.6 Å². The molecule has 0 atom stereocenters. The van der Waals surface area contributed by atoms with E-state index in [-0.39, 0.29) is 0 Å². The molecule has 1 heteroatoms.